The fraction of sp³-hybridized carbons (Fsp3) is 0.500. The lowest BCUT2D eigenvalue weighted by molar-refractivity contribution is -0.136. The highest BCUT2D eigenvalue weighted by Crippen LogP contribution is 2.44. The van der Waals surface area contributed by atoms with Crippen LogP contribution in [-0.2, 0) is 13.1 Å². The zero-order valence-electron chi connectivity index (χ0n) is 16.1. The molecule has 0 amide bonds. The van der Waals surface area contributed by atoms with Gasteiger partial charge in [-0.2, -0.15) is 13.2 Å². The van der Waals surface area contributed by atoms with E-state index in [4.69, 9.17) is 0 Å². The van der Waals surface area contributed by atoms with Crippen molar-refractivity contribution in [3.05, 3.63) is 53.9 Å². The molecule has 168 valence electrons. The maximum atomic E-state index is 13.4. The van der Waals surface area contributed by atoms with Crippen LogP contribution in [0.4, 0.5) is 22.0 Å². The minimum atomic E-state index is -4.55. The van der Waals surface area contributed by atoms with Gasteiger partial charge in [-0.3, -0.25) is 18.7 Å². The van der Waals surface area contributed by atoms with E-state index in [9.17, 15) is 36.3 Å². The smallest absolute Gasteiger partial charge is 0.303 e. The first-order valence-corrected chi connectivity index (χ1v) is 10.2. The fourth-order valence-electron chi connectivity index (χ4n) is 3.75. The summed E-state index contributed by atoms with van der Waals surface area (Å²) in [7, 11) is 0. The zero-order valence-corrected chi connectivity index (χ0v) is 16.9. The van der Waals surface area contributed by atoms with Crippen LogP contribution in [0.5, 0.6) is 0 Å². The number of rotatable bonds is 5. The fourth-order valence-corrected chi connectivity index (χ4v) is 5.05. The molecule has 0 atom stereocenters. The molecule has 31 heavy (non-hydrogen) atoms. The van der Waals surface area contributed by atoms with E-state index in [1.54, 1.807) is 6.92 Å². The number of H-pyrrole nitrogens is 1. The van der Waals surface area contributed by atoms with Gasteiger partial charge in [-0.05, 0) is 12.5 Å². The summed E-state index contributed by atoms with van der Waals surface area (Å²) in [5.41, 5.74) is -1.79. The van der Waals surface area contributed by atoms with Crippen molar-refractivity contribution in [2.75, 3.05) is 0 Å². The molecular weight excluding hydrogens is 447 g/mol. The summed E-state index contributed by atoms with van der Waals surface area (Å²) in [5, 5.41) is 2.71. The van der Waals surface area contributed by atoms with Crippen molar-refractivity contribution in [1.82, 2.24) is 18.9 Å². The Balaban J connectivity index is 1.90. The minimum Gasteiger partial charge on any atom is -0.303 e. The summed E-state index contributed by atoms with van der Waals surface area (Å²) < 4.78 is 68.0. The highest BCUT2D eigenvalue weighted by molar-refractivity contribution is 7.18. The molecule has 1 saturated carbocycles. The van der Waals surface area contributed by atoms with Crippen molar-refractivity contribution >= 4 is 21.6 Å². The Hall–Kier alpha value is -2.70. The van der Waals surface area contributed by atoms with Crippen molar-refractivity contribution in [3.63, 3.8) is 0 Å². The van der Waals surface area contributed by atoms with Gasteiger partial charge in [-0.15, -0.1) is 11.3 Å². The lowest BCUT2D eigenvalue weighted by atomic mass is 9.88. The summed E-state index contributed by atoms with van der Waals surface area (Å²) in [6.45, 7) is 0.831. The van der Waals surface area contributed by atoms with Gasteiger partial charge in [-0.25, -0.2) is 18.3 Å². The molecule has 0 unspecified atom stereocenters. The van der Waals surface area contributed by atoms with Crippen molar-refractivity contribution < 1.29 is 22.0 Å². The van der Waals surface area contributed by atoms with Gasteiger partial charge >= 0.3 is 11.9 Å². The van der Waals surface area contributed by atoms with E-state index in [0.717, 1.165) is 15.9 Å². The third-order valence-electron chi connectivity index (χ3n) is 5.42. The molecule has 1 aliphatic carbocycles. The Morgan fingerprint density at radius 2 is 1.90 bits per heavy atom. The number of hydrogen-bond acceptors (Lipinski definition) is 4. The molecule has 0 aromatic carbocycles. The number of hydrogen-bond donors (Lipinski definition) is 1. The molecule has 0 spiro atoms. The second-order valence-electron chi connectivity index (χ2n) is 7.61. The molecule has 7 nitrogen and oxygen atoms in total. The Morgan fingerprint density at radius 3 is 2.45 bits per heavy atom. The number of nitrogens with one attached hydrogen (secondary N) is 1. The Labute approximate surface area is 174 Å². The number of aromatic nitrogens is 4. The zero-order chi connectivity index (χ0) is 22.7. The SMILES string of the molecule is Cc1c(Cn2[nH]ccc2=O)sc2c1c(=O)n(C1CC(F)(F)C1)c(=O)n2CCC(F)(F)F. The van der Waals surface area contributed by atoms with Gasteiger partial charge in [0.05, 0.1) is 24.4 Å². The molecule has 3 heterocycles. The summed E-state index contributed by atoms with van der Waals surface area (Å²) in [6.07, 6.45) is -5.90. The van der Waals surface area contributed by atoms with E-state index in [2.05, 4.69) is 5.10 Å². The number of halogens is 5. The van der Waals surface area contributed by atoms with Gasteiger partial charge in [0.1, 0.15) is 4.83 Å². The number of alkyl halides is 5. The van der Waals surface area contributed by atoms with Gasteiger partial charge < -0.3 is 5.10 Å². The predicted molar refractivity (Wildman–Crippen MR) is 103 cm³/mol. The van der Waals surface area contributed by atoms with Crippen LogP contribution in [0.15, 0.2) is 26.6 Å². The highest BCUT2D eigenvalue weighted by atomic mass is 32.1. The molecule has 0 bridgehead atoms. The summed E-state index contributed by atoms with van der Waals surface area (Å²) in [5.74, 6) is -3.02. The Kier molecular flexibility index (Phi) is 4.98. The van der Waals surface area contributed by atoms with E-state index in [-0.39, 0.29) is 22.3 Å². The Bertz CT molecular complexity index is 1320. The first-order chi connectivity index (χ1) is 14.4. The van der Waals surface area contributed by atoms with E-state index >= 15 is 0 Å². The largest absolute Gasteiger partial charge is 0.390 e. The van der Waals surface area contributed by atoms with Crippen LogP contribution in [0.2, 0.25) is 0 Å². The van der Waals surface area contributed by atoms with Crippen LogP contribution in [0.25, 0.3) is 10.2 Å². The second-order valence-corrected chi connectivity index (χ2v) is 8.69. The van der Waals surface area contributed by atoms with Crippen LogP contribution in [0.1, 0.15) is 35.7 Å². The average molecular weight is 464 g/mol. The number of aryl methyl sites for hydroxylation is 2. The van der Waals surface area contributed by atoms with Gasteiger partial charge in [0.15, 0.2) is 0 Å². The maximum Gasteiger partial charge on any atom is 0.390 e. The third kappa shape index (κ3) is 3.86. The molecule has 1 fully saturated rings. The topological polar surface area (TPSA) is 81.8 Å². The third-order valence-corrected chi connectivity index (χ3v) is 6.72. The van der Waals surface area contributed by atoms with E-state index < -0.39 is 55.2 Å². The molecule has 1 N–H and O–H groups in total. The highest BCUT2D eigenvalue weighted by Gasteiger charge is 2.47. The van der Waals surface area contributed by atoms with E-state index in [1.807, 2.05) is 0 Å². The molecule has 4 rings (SSSR count). The van der Waals surface area contributed by atoms with E-state index in [1.165, 1.54) is 16.9 Å². The summed E-state index contributed by atoms with van der Waals surface area (Å²) in [4.78, 5) is 38.3. The van der Waals surface area contributed by atoms with Gasteiger partial charge in [-0.1, -0.05) is 0 Å². The second kappa shape index (κ2) is 7.18. The lowest BCUT2D eigenvalue weighted by Crippen LogP contribution is -2.49. The maximum absolute atomic E-state index is 13.4. The quantitative estimate of drug-likeness (QED) is 0.590. The number of nitrogens with zero attached hydrogens (tertiary/aromatic N) is 3. The molecule has 0 radical (unpaired) electrons. The van der Waals surface area contributed by atoms with Crippen LogP contribution < -0.4 is 16.8 Å². The van der Waals surface area contributed by atoms with Gasteiger partial charge in [0, 0.05) is 36.5 Å². The number of fused-ring (bicyclic) bond motifs is 1. The minimum absolute atomic E-state index is 0.0107. The molecule has 3 aromatic rings. The van der Waals surface area contributed by atoms with Crippen LogP contribution in [0.3, 0.4) is 0 Å². The number of thiophene rings is 1. The molecular formula is C18H17F5N4O3S. The molecule has 3 aromatic heterocycles. The van der Waals surface area contributed by atoms with Crippen LogP contribution in [0, 0.1) is 6.92 Å². The van der Waals surface area contributed by atoms with Gasteiger partial charge in [0.25, 0.3) is 17.0 Å². The van der Waals surface area contributed by atoms with Crippen molar-refractivity contribution in [2.24, 2.45) is 0 Å². The first-order valence-electron chi connectivity index (χ1n) is 9.34. The number of aromatic amines is 1. The monoisotopic (exact) mass is 464 g/mol. The normalized spacial score (nSPS) is 16.7. The lowest BCUT2D eigenvalue weighted by Gasteiger charge is -2.35. The molecule has 13 heteroatoms. The molecule has 1 aliphatic rings. The van der Waals surface area contributed by atoms with Crippen molar-refractivity contribution in [2.45, 2.75) is 57.4 Å². The predicted octanol–water partition coefficient (Wildman–Crippen LogP) is 2.99. The first kappa shape index (κ1) is 21.5. The van der Waals surface area contributed by atoms with Gasteiger partial charge in [0.2, 0.25) is 0 Å². The van der Waals surface area contributed by atoms with E-state index in [0.29, 0.717) is 15.0 Å². The van der Waals surface area contributed by atoms with Crippen molar-refractivity contribution in [3.8, 4) is 0 Å². The summed E-state index contributed by atoms with van der Waals surface area (Å²) >= 11 is 0.937. The molecule has 0 saturated heterocycles. The Morgan fingerprint density at radius 1 is 1.23 bits per heavy atom. The average Bonchev–Trinajstić information content (AvgIpc) is 3.16. The standard InChI is InChI=1S/C18H17F5N4O3S/c1-9-11(8-26-12(28)2-4-24-26)31-15-13(9)14(29)27(10-6-17(19,20)7-10)16(30)25(15)5-3-18(21,22)23/h2,4,10,24H,3,5-8H2,1H3. The van der Waals surface area contributed by atoms with Crippen molar-refractivity contribution in [1.29, 1.82) is 0 Å². The summed E-state index contributed by atoms with van der Waals surface area (Å²) in [6, 6.07) is 0.205. The van der Waals surface area contributed by atoms with Crippen LogP contribution in [-0.4, -0.2) is 31.0 Å². The van der Waals surface area contributed by atoms with Crippen LogP contribution >= 0.6 is 11.3 Å². The molecule has 0 aliphatic heterocycles.